The summed E-state index contributed by atoms with van der Waals surface area (Å²) in [5, 5.41) is 7.92. The molecular formula is C16H20Cl3N3O. The lowest BCUT2D eigenvalue weighted by molar-refractivity contribution is 0.0927. The Morgan fingerprint density at radius 2 is 2.17 bits per heavy atom. The molecule has 1 amide bonds. The predicted octanol–water partition coefficient (Wildman–Crippen LogP) is 3.60. The van der Waals surface area contributed by atoms with Gasteiger partial charge in [-0.05, 0) is 44.5 Å². The minimum Gasteiger partial charge on any atom is -0.349 e. The van der Waals surface area contributed by atoms with Gasteiger partial charge in [0, 0.05) is 28.7 Å². The van der Waals surface area contributed by atoms with Gasteiger partial charge in [0.05, 0.1) is 11.1 Å². The van der Waals surface area contributed by atoms with E-state index < -0.39 is 0 Å². The molecule has 1 fully saturated rings. The predicted molar refractivity (Wildman–Crippen MR) is 99.2 cm³/mol. The van der Waals surface area contributed by atoms with Crippen molar-refractivity contribution in [2.45, 2.75) is 31.8 Å². The van der Waals surface area contributed by atoms with Gasteiger partial charge in [-0.15, -0.1) is 24.8 Å². The van der Waals surface area contributed by atoms with E-state index in [-0.39, 0.29) is 36.8 Å². The fourth-order valence-corrected chi connectivity index (χ4v) is 3.08. The summed E-state index contributed by atoms with van der Waals surface area (Å²) in [6.45, 7) is 3.06. The Morgan fingerprint density at radius 3 is 2.91 bits per heavy atom. The Kier molecular flexibility index (Phi) is 7.55. The summed E-state index contributed by atoms with van der Waals surface area (Å²) in [6.07, 6.45) is 3.58. The average Bonchev–Trinajstić information content (AvgIpc) is 2.46. The first kappa shape index (κ1) is 20.0. The van der Waals surface area contributed by atoms with Gasteiger partial charge in [-0.1, -0.05) is 17.7 Å². The fraction of sp³-hybridized carbons (Fsp3) is 0.375. The van der Waals surface area contributed by atoms with Gasteiger partial charge < -0.3 is 10.6 Å². The van der Waals surface area contributed by atoms with E-state index in [4.69, 9.17) is 11.6 Å². The minimum atomic E-state index is -0.0969. The first-order chi connectivity index (χ1) is 10.1. The van der Waals surface area contributed by atoms with Crippen molar-refractivity contribution in [1.29, 1.82) is 0 Å². The zero-order valence-electron chi connectivity index (χ0n) is 12.7. The van der Waals surface area contributed by atoms with Crippen LogP contribution in [0.3, 0.4) is 0 Å². The minimum absolute atomic E-state index is 0. The van der Waals surface area contributed by atoms with Crippen LogP contribution in [0.1, 0.15) is 30.1 Å². The maximum absolute atomic E-state index is 12.6. The van der Waals surface area contributed by atoms with E-state index in [1.54, 1.807) is 12.3 Å². The summed E-state index contributed by atoms with van der Waals surface area (Å²) in [7, 11) is 0. The lowest BCUT2D eigenvalue weighted by Crippen LogP contribution is -2.46. The molecule has 0 radical (unpaired) electrons. The van der Waals surface area contributed by atoms with Crippen molar-refractivity contribution >= 4 is 53.2 Å². The molecule has 126 valence electrons. The highest BCUT2D eigenvalue weighted by molar-refractivity contribution is 6.32. The highest BCUT2D eigenvalue weighted by Crippen LogP contribution is 2.22. The second-order valence-corrected chi connectivity index (χ2v) is 6.01. The third-order valence-electron chi connectivity index (χ3n) is 3.87. The van der Waals surface area contributed by atoms with Crippen molar-refractivity contribution in [3.63, 3.8) is 0 Å². The van der Waals surface area contributed by atoms with Gasteiger partial charge >= 0.3 is 0 Å². The number of rotatable bonds is 2. The molecule has 2 heterocycles. The molecule has 2 atom stereocenters. The molecule has 2 unspecified atom stereocenters. The summed E-state index contributed by atoms with van der Waals surface area (Å²) >= 11 is 6.12. The van der Waals surface area contributed by atoms with Crippen LogP contribution in [0, 0.1) is 0 Å². The highest BCUT2D eigenvalue weighted by Gasteiger charge is 2.21. The van der Waals surface area contributed by atoms with Crippen LogP contribution in [-0.2, 0) is 0 Å². The monoisotopic (exact) mass is 375 g/mol. The molecule has 1 saturated heterocycles. The number of pyridine rings is 1. The van der Waals surface area contributed by atoms with E-state index in [2.05, 4.69) is 22.5 Å². The lowest BCUT2D eigenvalue weighted by Gasteiger charge is -2.28. The summed E-state index contributed by atoms with van der Waals surface area (Å²) in [6, 6.07) is 7.90. The van der Waals surface area contributed by atoms with Crippen molar-refractivity contribution in [2.24, 2.45) is 0 Å². The summed E-state index contributed by atoms with van der Waals surface area (Å²) < 4.78 is 0. The van der Waals surface area contributed by atoms with E-state index in [9.17, 15) is 4.79 Å². The second-order valence-electron chi connectivity index (χ2n) is 5.58. The molecule has 0 saturated carbocycles. The standard InChI is InChI=1S/C16H18ClN3O.2ClH/c1-10-7-13(4-6-18-10)20-16(21)14-9-12(17)8-11-3-2-5-19-15(11)14;;/h2-3,5,8-10,13,18H,4,6-7H2,1H3,(H,20,21);2*1H. The molecular weight excluding hydrogens is 357 g/mol. The van der Waals surface area contributed by atoms with E-state index in [0.717, 1.165) is 24.8 Å². The van der Waals surface area contributed by atoms with Crippen molar-refractivity contribution in [3.8, 4) is 0 Å². The molecule has 1 aromatic carbocycles. The molecule has 1 aliphatic rings. The van der Waals surface area contributed by atoms with Crippen molar-refractivity contribution in [2.75, 3.05) is 6.54 Å². The van der Waals surface area contributed by atoms with Crippen molar-refractivity contribution < 1.29 is 4.79 Å². The Morgan fingerprint density at radius 1 is 1.39 bits per heavy atom. The Balaban J connectivity index is 0.00000132. The number of carbonyl (C=O) groups is 1. The smallest absolute Gasteiger partial charge is 0.253 e. The first-order valence-electron chi connectivity index (χ1n) is 7.22. The molecule has 7 heteroatoms. The third kappa shape index (κ3) is 4.70. The zero-order chi connectivity index (χ0) is 14.8. The molecule has 4 nitrogen and oxygen atoms in total. The van der Waals surface area contributed by atoms with Crippen LogP contribution in [0.5, 0.6) is 0 Å². The number of amides is 1. The lowest BCUT2D eigenvalue weighted by atomic mass is 10.00. The molecule has 1 aliphatic heterocycles. The average molecular weight is 377 g/mol. The molecule has 0 bridgehead atoms. The fourth-order valence-electron chi connectivity index (χ4n) is 2.85. The third-order valence-corrected chi connectivity index (χ3v) is 4.09. The van der Waals surface area contributed by atoms with Crippen molar-refractivity contribution in [1.82, 2.24) is 15.6 Å². The van der Waals surface area contributed by atoms with Gasteiger partial charge in [0.2, 0.25) is 0 Å². The molecule has 2 N–H and O–H groups in total. The van der Waals surface area contributed by atoms with Crippen LogP contribution in [0.4, 0.5) is 0 Å². The van der Waals surface area contributed by atoms with Crippen LogP contribution in [0.25, 0.3) is 10.9 Å². The number of halogens is 3. The van der Waals surface area contributed by atoms with Gasteiger partial charge in [-0.25, -0.2) is 0 Å². The molecule has 1 aromatic heterocycles. The Bertz CT molecular complexity index is 681. The number of carbonyl (C=O) groups excluding carboxylic acids is 1. The van der Waals surface area contributed by atoms with Gasteiger partial charge in [0.15, 0.2) is 0 Å². The van der Waals surface area contributed by atoms with Crippen molar-refractivity contribution in [3.05, 3.63) is 41.0 Å². The van der Waals surface area contributed by atoms with E-state index in [0.29, 0.717) is 22.1 Å². The topological polar surface area (TPSA) is 54.0 Å². The molecule has 0 spiro atoms. The molecule has 0 aliphatic carbocycles. The number of piperidine rings is 1. The Hall–Kier alpha value is -1.07. The first-order valence-corrected chi connectivity index (χ1v) is 7.60. The number of hydrogen-bond donors (Lipinski definition) is 2. The van der Waals surface area contributed by atoms with Crippen LogP contribution in [0.2, 0.25) is 5.02 Å². The molecule has 3 rings (SSSR count). The van der Waals surface area contributed by atoms with Gasteiger partial charge in [0.25, 0.3) is 5.91 Å². The summed E-state index contributed by atoms with van der Waals surface area (Å²) in [5.41, 5.74) is 1.24. The molecule has 23 heavy (non-hydrogen) atoms. The van der Waals surface area contributed by atoms with Crippen LogP contribution in [0.15, 0.2) is 30.5 Å². The second kappa shape index (κ2) is 8.69. The van der Waals surface area contributed by atoms with Gasteiger partial charge in [-0.2, -0.15) is 0 Å². The maximum Gasteiger partial charge on any atom is 0.253 e. The van der Waals surface area contributed by atoms with E-state index in [1.165, 1.54) is 0 Å². The zero-order valence-corrected chi connectivity index (χ0v) is 15.1. The molecule has 2 aromatic rings. The number of nitrogens with one attached hydrogen (secondary N) is 2. The normalized spacial score (nSPS) is 20.3. The van der Waals surface area contributed by atoms with Gasteiger partial charge in [0.1, 0.15) is 0 Å². The number of fused-ring (bicyclic) bond motifs is 1. The summed E-state index contributed by atoms with van der Waals surface area (Å²) in [4.78, 5) is 16.9. The van der Waals surface area contributed by atoms with E-state index in [1.807, 2.05) is 18.2 Å². The SMILES string of the molecule is CC1CC(NC(=O)c2cc(Cl)cc3cccnc23)CCN1.Cl.Cl. The van der Waals surface area contributed by atoms with E-state index >= 15 is 0 Å². The summed E-state index contributed by atoms with van der Waals surface area (Å²) in [5.74, 6) is -0.0969. The quantitative estimate of drug-likeness (QED) is 0.842. The number of nitrogens with zero attached hydrogens (tertiary/aromatic N) is 1. The van der Waals surface area contributed by atoms with Crippen LogP contribution in [-0.4, -0.2) is 29.5 Å². The highest BCUT2D eigenvalue weighted by atomic mass is 35.5. The van der Waals surface area contributed by atoms with Crippen LogP contribution >= 0.6 is 36.4 Å². The largest absolute Gasteiger partial charge is 0.349 e. The number of aromatic nitrogens is 1. The Labute approximate surface area is 153 Å². The van der Waals surface area contributed by atoms with Crippen LogP contribution < -0.4 is 10.6 Å². The number of benzene rings is 1. The maximum atomic E-state index is 12.6. The number of hydrogen-bond acceptors (Lipinski definition) is 3. The van der Waals surface area contributed by atoms with Gasteiger partial charge in [-0.3, -0.25) is 9.78 Å².